The van der Waals surface area contributed by atoms with Gasteiger partial charge < -0.3 is 21.1 Å². The van der Waals surface area contributed by atoms with Crippen LogP contribution in [-0.4, -0.2) is 51.9 Å². The second-order valence-electron chi connectivity index (χ2n) is 3.24. The van der Waals surface area contributed by atoms with Crippen LogP contribution >= 0.6 is 0 Å². The summed E-state index contributed by atoms with van der Waals surface area (Å²) in [7, 11) is 0. The standard InChI is InChI=1S/C8H14N2O6/c9-1-2-10-8(7(15)16,3-5(11)12)4-6(13)14/h10H,1-4,9H2,(H,11,12)(H,13,14)(H,15,16). The minimum Gasteiger partial charge on any atom is -0.481 e. The maximum Gasteiger partial charge on any atom is 0.325 e. The van der Waals surface area contributed by atoms with Gasteiger partial charge in [-0.25, -0.2) is 0 Å². The summed E-state index contributed by atoms with van der Waals surface area (Å²) in [5, 5.41) is 28.4. The van der Waals surface area contributed by atoms with Crippen LogP contribution in [0.15, 0.2) is 0 Å². The molecular formula is C8H14N2O6. The van der Waals surface area contributed by atoms with Crippen molar-refractivity contribution in [2.75, 3.05) is 13.1 Å². The van der Waals surface area contributed by atoms with E-state index in [1.54, 1.807) is 0 Å². The van der Waals surface area contributed by atoms with Gasteiger partial charge in [-0.3, -0.25) is 19.7 Å². The normalized spacial score (nSPS) is 11.1. The lowest BCUT2D eigenvalue weighted by molar-refractivity contribution is -0.155. The first-order chi connectivity index (χ1) is 7.34. The summed E-state index contributed by atoms with van der Waals surface area (Å²) in [6.45, 7) is 0.0983. The van der Waals surface area contributed by atoms with Gasteiger partial charge in [0.1, 0.15) is 5.54 Å². The Morgan fingerprint density at radius 3 is 1.75 bits per heavy atom. The number of hydrogen-bond acceptors (Lipinski definition) is 5. The SMILES string of the molecule is NCCNC(CC(=O)O)(CC(=O)O)C(=O)O. The fourth-order valence-electron chi connectivity index (χ4n) is 1.24. The van der Waals surface area contributed by atoms with Crippen molar-refractivity contribution in [2.45, 2.75) is 18.4 Å². The van der Waals surface area contributed by atoms with Crippen LogP contribution in [-0.2, 0) is 14.4 Å². The van der Waals surface area contributed by atoms with Crippen LogP contribution in [0.1, 0.15) is 12.8 Å². The van der Waals surface area contributed by atoms with Crippen molar-refractivity contribution in [3.8, 4) is 0 Å². The fourth-order valence-corrected chi connectivity index (χ4v) is 1.24. The highest BCUT2D eigenvalue weighted by Gasteiger charge is 2.42. The molecule has 0 aliphatic rings. The first-order valence-corrected chi connectivity index (χ1v) is 4.46. The summed E-state index contributed by atoms with van der Waals surface area (Å²) < 4.78 is 0. The zero-order chi connectivity index (χ0) is 12.8. The molecule has 0 amide bonds. The van der Waals surface area contributed by atoms with Crippen LogP contribution in [0, 0.1) is 0 Å². The Hall–Kier alpha value is -1.67. The number of aliphatic carboxylic acids is 3. The van der Waals surface area contributed by atoms with Gasteiger partial charge in [0.05, 0.1) is 12.8 Å². The van der Waals surface area contributed by atoms with Crippen LogP contribution in [0.2, 0.25) is 0 Å². The van der Waals surface area contributed by atoms with E-state index in [1.807, 2.05) is 0 Å². The lowest BCUT2D eigenvalue weighted by atomic mass is 9.91. The molecule has 92 valence electrons. The lowest BCUT2D eigenvalue weighted by Crippen LogP contribution is -2.56. The second kappa shape index (κ2) is 6.03. The van der Waals surface area contributed by atoms with Crippen LogP contribution in [0.5, 0.6) is 0 Å². The van der Waals surface area contributed by atoms with E-state index in [4.69, 9.17) is 21.1 Å². The summed E-state index contributed by atoms with van der Waals surface area (Å²) in [6.07, 6.45) is -1.65. The Balaban J connectivity index is 4.95. The van der Waals surface area contributed by atoms with Gasteiger partial charge >= 0.3 is 17.9 Å². The first kappa shape index (κ1) is 14.3. The highest BCUT2D eigenvalue weighted by atomic mass is 16.4. The van der Waals surface area contributed by atoms with Crippen molar-refractivity contribution in [1.29, 1.82) is 0 Å². The summed E-state index contributed by atoms with van der Waals surface area (Å²) >= 11 is 0. The molecule has 0 saturated heterocycles. The number of carbonyl (C=O) groups is 3. The molecule has 0 unspecified atom stereocenters. The first-order valence-electron chi connectivity index (χ1n) is 4.46. The van der Waals surface area contributed by atoms with E-state index < -0.39 is 36.3 Å². The van der Waals surface area contributed by atoms with Gasteiger partial charge in [-0.15, -0.1) is 0 Å². The molecule has 16 heavy (non-hydrogen) atoms. The van der Waals surface area contributed by atoms with Crippen molar-refractivity contribution >= 4 is 17.9 Å². The number of carboxylic acids is 3. The minimum atomic E-state index is -2.02. The molecule has 6 N–H and O–H groups in total. The van der Waals surface area contributed by atoms with Crippen LogP contribution in [0.25, 0.3) is 0 Å². The van der Waals surface area contributed by atoms with Gasteiger partial charge in [0.2, 0.25) is 0 Å². The van der Waals surface area contributed by atoms with E-state index in [-0.39, 0.29) is 13.1 Å². The molecule has 0 atom stereocenters. The maximum atomic E-state index is 11.0. The van der Waals surface area contributed by atoms with Gasteiger partial charge in [-0.1, -0.05) is 0 Å². The van der Waals surface area contributed by atoms with E-state index in [1.165, 1.54) is 0 Å². The smallest absolute Gasteiger partial charge is 0.325 e. The van der Waals surface area contributed by atoms with Gasteiger partial charge in [0.25, 0.3) is 0 Å². The Morgan fingerprint density at radius 2 is 1.50 bits per heavy atom. The Morgan fingerprint density at radius 1 is 1.06 bits per heavy atom. The predicted molar refractivity (Wildman–Crippen MR) is 51.9 cm³/mol. The van der Waals surface area contributed by atoms with Crippen molar-refractivity contribution in [1.82, 2.24) is 5.32 Å². The summed E-state index contributed by atoms with van der Waals surface area (Å²) in [6, 6.07) is 0. The molecule has 0 heterocycles. The molecule has 0 bridgehead atoms. The molecule has 0 spiro atoms. The monoisotopic (exact) mass is 234 g/mol. The highest BCUT2D eigenvalue weighted by molar-refractivity contribution is 5.89. The van der Waals surface area contributed by atoms with Gasteiger partial charge in [-0.2, -0.15) is 0 Å². The van der Waals surface area contributed by atoms with E-state index in [2.05, 4.69) is 5.32 Å². The molecule has 0 rings (SSSR count). The number of carboxylic acid groups (broad SMARTS) is 3. The van der Waals surface area contributed by atoms with Crippen molar-refractivity contribution in [3.05, 3.63) is 0 Å². The summed E-state index contributed by atoms with van der Waals surface area (Å²) in [5.74, 6) is -4.31. The number of rotatable bonds is 8. The second-order valence-corrected chi connectivity index (χ2v) is 3.24. The number of hydrogen-bond donors (Lipinski definition) is 5. The predicted octanol–water partition coefficient (Wildman–Crippen LogP) is -1.69. The van der Waals surface area contributed by atoms with Crippen LogP contribution < -0.4 is 11.1 Å². The van der Waals surface area contributed by atoms with Crippen LogP contribution in [0.3, 0.4) is 0 Å². The third-order valence-electron chi connectivity index (χ3n) is 1.92. The molecule has 0 radical (unpaired) electrons. The molecule has 8 heteroatoms. The zero-order valence-corrected chi connectivity index (χ0v) is 8.47. The molecule has 0 aliphatic heterocycles. The van der Waals surface area contributed by atoms with Gasteiger partial charge in [0.15, 0.2) is 0 Å². The Bertz CT molecular complexity index is 274. The summed E-state index contributed by atoms with van der Waals surface area (Å²) in [4.78, 5) is 32.0. The largest absolute Gasteiger partial charge is 0.481 e. The molecular weight excluding hydrogens is 220 g/mol. The lowest BCUT2D eigenvalue weighted by Gasteiger charge is -2.27. The number of nitrogens with two attached hydrogens (primary N) is 1. The molecule has 0 aromatic carbocycles. The molecule has 0 aromatic heterocycles. The van der Waals surface area contributed by atoms with E-state index in [9.17, 15) is 14.4 Å². The van der Waals surface area contributed by atoms with Crippen LogP contribution in [0.4, 0.5) is 0 Å². The number of nitrogens with one attached hydrogen (secondary N) is 1. The molecule has 0 saturated carbocycles. The average molecular weight is 234 g/mol. The van der Waals surface area contributed by atoms with E-state index in [0.717, 1.165) is 0 Å². The van der Waals surface area contributed by atoms with Crippen molar-refractivity contribution < 1.29 is 29.7 Å². The quantitative estimate of drug-likeness (QED) is 0.333. The molecule has 8 nitrogen and oxygen atoms in total. The average Bonchev–Trinajstić information content (AvgIpc) is 2.11. The minimum absolute atomic E-state index is 0.0207. The Kier molecular flexibility index (Phi) is 5.40. The maximum absolute atomic E-state index is 11.0. The Labute approximate surface area is 91.1 Å². The zero-order valence-electron chi connectivity index (χ0n) is 8.47. The topological polar surface area (TPSA) is 150 Å². The molecule has 0 aliphatic carbocycles. The molecule has 0 fully saturated rings. The van der Waals surface area contributed by atoms with Gasteiger partial charge in [0, 0.05) is 13.1 Å². The third kappa shape index (κ3) is 4.24. The summed E-state index contributed by atoms with van der Waals surface area (Å²) in [5.41, 5.74) is 3.13. The fraction of sp³-hybridized carbons (Fsp3) is 0.625. The van der Waals surface area contributed by atoms with Gasteiger partial charge in [-0.05, 0) is 0 Å². The van der Waals surface area contributed by atoms with Crippen molar-refractivity contribution in [2.24, 2.45) is 5.73 Å². The molecule has 0 aromatic rings. The van der Waals surface area contributed by atoms with Crippen molar-refractivity contribution in [3.63, 3.8) is 0 Å². The highest BCUT2D eigenvalue weighted by Crippen LogP contribution is 2.16. The third-order valence-corrected chi connectivity index (χ3v) is 1.92. The van der Waals surface area contributed by atoms with E-state index in [0.29, 0.717) is 0 Å². The van der Waals surface area contributed by atoms with E-state index >= 15 is 0 Å².